The van der Waals surface area contributed by atoms with Gasteiger partial charge in [-0.3, -0.25) is 14.6 Å². The van der Waals surface area contributed by atoms with Crippen LogP contribution in [0.1, 0.15) is 5.56 Å². The third kappa shape index (κ3) is 3.36. The molecule has 26 heavy (non-hydrogen) atoms. The first-order valence-electron chi connectivity index (χ1n) is 8.29. The largest absolute Gasteiger partial charge is 0.454 e. The maximum Gasteiger partial charge on any atom is 0.242 e. The van der Waals surface area contributed by atoms with Gasteiger partial charge in [0.05, 0.1) is 16.8 Å². The van der Waals surface area contributed by atoms with Crippen molar-refractivity contribution in [3.05, 3.63) is 48.0 Å². The van der Waals surface area contributed by atoms with Gasteiger partial charge in [0.1, 0.15) is 0 Å². The van der Waals surface area contributed by atoms with Gasteiger partial charge < -0.3 is 9.47 Å². The highest BCUT2D eigenvalue weighted by Crippen LogP contribution is 2.33. The topological polar surface area (TPSA) is 54.9 Å². The number of benzene rings is 2. The van der Waals surface area contributed by atoms with E-state index in [0.717, 1.165) is 27.3 Å². The fourth-order valence-electron chi connectivity index (χ4n) is 2.85. The maximum atomic E-state index is 12.6. The number of likely N-dealkylation sites (N-methyl/N-ethyl adjacent to an activating group) is 2. The Labute approximate surface area is 155 Å². The van der Waals surface area contributed by atoms with Crippen molar-refractivity contribution in [2.75, 3.05) is 32.3 Å². The third-order valence-electron chi connectivity index (χ3n) is 4.24. The van der Waals surface area contributed by atoms with Crippen LogP contribution in [0.25, 0.3) is 10.2 Å². The van der Waals surface area contributed by atoms with Gasteiger partial charge >= 0.3 is 0 Å². The van der Waals surface area contributed by atoms with Crippen molar-refractivity contribution < 1.29 is 14.3 Å². The van der Waals surface area contributed by atoms with Crippen molar-refractivity contribution in [3.8, 4) is 11.5 Å². The highest BCUT2D eigenvalue weighted by Gasteiger charge is 2.18. The molecule has 6 nitrogen and oxygen atoms in total. The Morgan fingerprint density at radius 3 is 2.81 bits per heavy atom. The molecule has 0 unspecified atom stereocenters. The number of hydrogen-bond donors (Lipinski definition) is 0. The highest BCUT2D eigenvalue weighted by atomic mass is 32.1. The zero-order chi connectivity index (χ0) is 18.1. The molecule has 0 radical (unpaired) electrons. The van der Waals surface area contributed by atoms with E-state index in [1.54, 1.807) is 11.9 Å². The highest BCUT2D eigenvalue weighted by molar-refractivity contribution is 7.22. The van der Waals surface area contributed by atoms with Crippen molar-refractivity contribution in [1.82, 2.24) is 9.88 Å². The average molecular weight is 369 g/mol. The zero-order valence-electron chi connectivity index (χ0n) is 14.6. The number of aromatic nitrogens is 1. The Morgan fingerprint density at radius 2 is 1.96 bits per heavy atom. The fourth-order valence-corrected chi connectivity index (χ4v) is 3.80. The molecule has 0 saturated heterocycles. The molecule has 1 amide bonds. The van der Waals surface area contributed by atoms with E-state index in [1.807, 2.05) is 54.4 Å². The standard InChI is InChI=1S/C19H19N3O3S/c1-21(10-13-7-8-15-16(9-13)25-12-24-15)11-18(23)22(2)19-20-14-5-3-4-6-17(14)26-19/h3-9H,10-12H2,1-2H3. The van der Waals surface area contributed by atoms with Crippen LogP contribution in [0, 0.1) is 0 Å². The molecule has 7 heteroatoms. The Bertz CT molecular complexity index is 923. The zero-order valence-corrected chi connectivity index (χ0v) is 15.5. The summed E-state index contributed by atoms with van der Waals surface area (Å²) in [5.74, 6) is 1.53. The van der Waals surface area contributed by atoms with Crippen LogP contribution in [0.5, 0.6) is 11.5 Å². The van der Waals surface area contributed by atoms with Crippen molar-refractivity contribution >= 4 is 32.6 Å². The number of carbonyl (C=O) groups is 1. The van der Waals surface area contributed by atoms with Gasteiger partial charge in [0.2, 0.25) is 12.7 Å². The second kappa shape index (κ2) is 6.93. The molecular formula is C19H19N3O3S. The lowest BCUT2D eigenvalue weighted by Gasteiger charge is -2.20. The minimum atomic E-state index is 0.00676. The molecular weight excluding hydrogens is 350 g/mol. The molecule has 3 aromatic rings. The van der Waals surface area contributed by atoms with Crippen molar-refractivity contribution in [3.63, 3.8) is 0 Å². The number of carbonyl (C=O) groups excluding carboxylic acids is 1. The number of anilines is 1. The summed E-state index contributed by atoms with van der Waals surface area (Å²) in [7, 11) is 3.70. The second-order valence-electron chi connectivity index (χ2n) is 6.28. The Hall–Kier alpha value is -2.64. The predicted molar refractivity (Wildman–Crippen MR) is 102 cm³/mol. The molecule has 0 bridgehead atoms. The Kier molecular flexibility index (Phi) is 4.48. The summed E-state index contributed by atoms with van der Waals surface area (Å²) in [5.41, 5.74) is 1.99. The SMILES string of the molecule is CN(CC(=O)N(C)c1nc2ccccc2s1)Cc1ccc2c(c1)OCO2. The number of nitrogens with zero attached hydrogens (tertiary/aromatic N) is 3. The van der Waals surface area contributed by atoms with Crippen molar-refractivity contribution in [2.24, 2.45) is 0 Å². The molecule has 4 rings (SSSR count). The third-order valence-corrected chi connectivity index (χ3v) is 5.35. The first-order chi connectivity index (χ1) is 12.6. The predicted octanol–water partition coefficient (Wildman–Crippen LogP) is 3.12. The van der Waals surface area contributed by atoms with Crippen LogP contribution in [0.3, 0.4) is 0 Å². The van der Waals surface area contributed by atoms with Crippen molar-refractivity contribution in [1.29, 1.82) is 0 Å². The summed E-state index contributed by atoms with van der Waals surface area (Å²) in [6.45, 7) is 1.22. The van der Waals surface area contributed by atoms with Gasteiger partial charge in [-0.25, -0.2) is 4.98 Å². The van der Waals surface area contributed by atoms with Gasteiger partial charge in [-0.2, -0.15) is 0 Å². The molecule has 0 spiro atoms. The number of hydrogen-bond acceptors (Lipinski definition) is 6. The quantitative estimate of drug-likeness (QED) is 0.692. The molecule has 0 atom stereocenters. The van der Waals surface area contributed by atoms with E-state index in [9.17, 15) is 4.79 Å². The first-order valence-corrected chi connectivity index (χ1v) is 9.11. The molecule has 1 aliphatic rings. The lowest BCUT2D eigenvalue weighted by atomic mass is 10.2. The van der Waals surface area contributed by atoms with Gasteiger partial charge in [-0.15, -0.1) is 0 Å². The van der Waals surface area contributed by atoms with E-state index < -0.39 is 0 Å². The minimum absolute atomic E-state index is 0.00676. The molecule has 2 heterocycles. The molecule has 0 fully saturated rings. The summed E-state index contributed by atoms with van der Waals surface area (Å²) < 4.78 is 11.8. The van der Waals surface area contributed by atoms with Crippen molar-refractivity contribution in [2.45, 2.75) is 6.54 Å². The van der Waals surface area contributed by atoms with Crippen LogP contribution in [0.4, 0.5) is 5.13 Å². The van der Waals surface area contributed by atoms with Gasteiger partial charge in [0, 0.05) is 13.6 Å². The summed E-state index contributed by atoms with van der Waals surface area (Å²) in [6, 6.07) is 13.8. The first kappa shape index (κ1) is 16.8. The van der Waals surface area contributed by atoms with Crippen LogP contribution in [-0.4, -0.2) is 43.2 Å². The normalized spacial score (nSPS) is 12.7. The number of fused-ring (bicyclic) bond motifs is 2. The average Bonchev–Trinajstić information content (AvgIpc) is 3.26. The maximum absolute atomic E-state index is 12.6. The summed E-state index contributed by atoms with van der Waals surface area (Å²) in [5, 5.41) is 0.715. The van der Waals surface area contributed by atoms with Crippen LogP contribution >= 0.6 is 11.3 Å². The smallest absolute Gasteiger partial charge is 0.242 e. The number of para-hydroxylation sites is 1. The minimum Gasteiger partial charge on any atom is -0.454 e. The molecule has 0 saturated carbocycles. The van der Waals surface area contributed by atoms with E-state index in [0.29, 0.717) is 18.2 Å². The van der Waals surface area contributed by atoms with Crippen LogP contribution in [0.15, 0.2) is 42.5 Å². The molecule has 1 aromatic heterocycles. The van der Waals surface area contributed by atoms with E-state index in [-0.39, 0.29) is 12.7 Å². The Morgan fingerprint density at radius 1 is 1.15 bits per heavy atom. The lowest BCUT2D eigenvalue weighted by molar-refractivity contribution is -0.119. The number of amides is 1. The van der Waals surface area contributed by atoms with Crippen LogP contribution in [-0.2, 0) is 11.3 Å². The molecule has 0 aliphatic carbocycles. The van der Waals surface area contributed by atoms with E-state index >= 15 is 0 Å². The summed E-state index contributed by atoms with van der Waals surface area (Å²) in [6.07, 6.45) is 0. The fraction of sp³-hybridized carbons (Fsp3) is 0.263. The summed E-state index contributed by atoms with van der Waals surface area (Å²) >= 11 is 1.52. The molecule has 134 valence electrons. The van der Waals surface area contributed by atoms with E-state index in [4.69, 9.17) is 9.47 Å². The van der Waals surface area contributed by atoms with E-state index in [1.165, 1.54) is 11.3 Å². The monoisotopic (exact) mass is 369 g/mol. The van der Waals surface area contributed by atoms with Gasteiger partial charge in [-0.1, -0.05) is 29.5 Å². The van der Waals surface area contributed by atoms with Crippen LogP contribution < -0.4 is 14.4 Å². The Balaban J connectivity index is 1.40. The van der Waals surface area contributed by atoms with Gasteiger partial charge in [0.25, 0.3) is 0 Å². The summed E-state index contributed by atoms with van der Waals surface area (Å²) in [4.78, 5) is 20.8. The number of thiazole rings is 1. The molecule has 2 aromatic carbocycles. The number of rotatable bonds is 5. The van der Waals surface area contributed by atoms with Gasteiger partial charge in [0.15, 0.2) is 16.6 Å². The lowest BCUT2D eigenvalue weighted by Crippen LogP contribution is -2.36. The second-order valence-corrected chi connectivity index (χ2v) is 7.29. The molecule has 0 N–H and O–H groups in total. The molecule has 1 aliphatic heterocycles. The number of ether oxygens (including phenoxy) is 2. The van der Waals surface area contributed by atoms with Crippen LogP contribution in [0.2, 0.25) is 0 Å². The van der Waals surface area contributed by atoms with E-state index in [2.05, 4.69) is 4.98 Å². The van der Waals surface area contributed by atoms with Gasteiger partial charge in [-0.05, 0) is 36.9 Å².